The molecule has 0 fully saturated rings. The number of benzene rings is 4. The van der Waals surface area contributed by atoms with Crippen LogP contribution in [0, 0.1) is 6.92 Å². The number of esters is 1. The highest BCUT2D eigenvalue weighted by Crippen LogP contribution is 2.53. The lowest BCUT2D eigenvalue weighted by Gasteiger charge is -2.33. The van der Waals surface area contributed by atoms with Crippen LogP contribution in [0.4, 0.5) is 17.1 Å². The van der Waals surface area contributed by atoms with Gasteiger partial charge in [-0.15, -0.1) is 0 Å². The normalized spacial score (nSPS) is 16.3. The fourth-order valence-electron chi connectivity index (χ4n) is 4.80. The van der Waals surface area contributed by atoms with Gasteiger partial charge in [0.1, 0.15) is 11.5 Å². The molecule has 0 aliphatic carbocycles. The van der Waals surface area contributed by atoms with Crippen LogP contribution in [0.1, 0.15) is 32.6 Å². The summed E-state index contributed by atoms with van der Waals surface area (Å²) in [5.74, 6) is 0.111. The van der Waals surface area contributed by atoms with Gasteiger partial charge < -0.3 is 24.8 Å². The Morgan fingerprint density at radius 2 is 1.61 bits per heavy atom. The van der Waals surface area contributed by atoms with E-state index in [-0.39, 0.29) is 5.75 Å². The lowest BCUT2D eigenvalue weighted by molar-refractivity contribution is 0.0239. The number of cyclic esters (lactones) is 1. The molecule has 0 spiro atoms. The number of ether oxygens (including phenoxy) is 2. The van der Waals surface area contributed by atoms with E-state index in [1.807, 2.05) is 92.6 Å². The Hall–Kier alpha value is -4.45. The average molecular weight is 481 g/mol. The fraction of sp³-hybridized carbons (Fsp3) is 0.167. The van der Waals surface area contributed by atoms with Crippen LogP contribution in [0.15, 0.2) is 84.9 Å². The van der Waals surface area contributed by atoms with Gasteiger partial charge in [-0.3, -0.25) is 0 Å². The number of nitrogens with one attached hydrogen (secondary N) is 1. The minimum absolute atomic E-state index is 0.0194. The molecule has 0 saturated carbocycles. The Kier molecular flexibility index (Phi) is 5.80. The van der Waals surface area contributed by atoms with Crippen LogP contribution in [0.25, 0.3) is 0 Å². The maximum atomic E-state index is 13.2. The van der Waals surface area contributed by atoms with Crippen molar-refractivity contribution in [3.05, 3.63) is 113 Å². The highest BCUT2D eigenvalue weighted by Gasteiger charge is 2.51. The van der Waals surface area contributed by atoms with Gasteiger partial charge >= 0.3 is 5.97 Å². The van der Waals surface area contributed by atoms with E-state index < -0.39 is 11.6 Å². The van der Waals surface area contributed by atoms with Crippen LogP contribution in [0.3, 0.4) is 0 Å². The van der Waals surface area contributed by atoms with Crippen molar-refractivity contribution in [3.8, 4) is 11.5 Å². The maximum absolute atomic E-state index is 13.2. The summed E-state index contributed by atoms with van der Waals surface area (Å²) in [6, 6.07) is 26.4. The summed E-state index contributed by atoms with van der Waals surface area (Å²) in [7, 11) is 5.40. The molecule has 0 bridgehead atoms. The molecule has 6 nitrogen and oxygen atoms in total. The summed E-state index contributed by atoms with van der Waals surface area (Å²) in [6.45, 7) is 1.99. The molecule has 1 unspecified atom stereocenters. The van der Waals surface area contributed by atoms with Crippen LogP contribution in [0.2, 0.25) is 0 Å². The number of carbonyl (C=O) groups is 1. The highest BCUT2D eigenvalue weighted by atomic mass is 16.6. The quantitative estimate of drug-likeness (QED) is 0.331. The van der Waals surface area contributed by atoms with Crippen molar-refractivity contribution in [2.75, 3.05) is 31.4 Å². The SMILES string of the molecule is COc1cc(C)c(Nc2ccccc2)cc1C1(c2ccc(N(C)C)cc2O)OC(=O)c2ccccc21. The predicted octanol–water partition coefficient (Wildman–Crippen LogP) is 5.98. The second-order valence-electron chi connectivity index (χ2n) is 9.07. The molecule has 4 aromatic rings. The fourth-order valence-corrected chi connectivity index (χ4v) is 4.80. The summed E-state index contributed by atoms with van der Waals surface area (Å²) in [6.07, 6.45) is 0. The van der Waals surface area contributed by atoms with Gasteiger partial charge in [-0.2, -0.15) is 0 Å². The molecule has 5 rings (SSSR count). The molecule has 182 valence electrons. The summed E-state index contributed by atoms with van der Waals surface area (Å²) >= 11 is 0. The largest absolute Gasteiger partial charge is 0.507 e. The first-order chi connectivity index (χ1) is 17.3. The summed E-state index contributed by atoms with van der Waals surface area (Å²) in [4.78, 5) is 15.1. The number of rotatable bonds is 6. The van der Waals surface area contributed by atoms with Crippen LogP contribution < -0.4 is 15.0 Å². The number of phenols is 1. The zero-order valence-electron chi connectivity index (χ0n) is 20.7. The van der Waals surface area contributed by atoms with Gasteiger partial charge in [0.15, 0.2) is 5.60 Å². The summed E-state index contributed by atoms with van der Waals surface area (Å²) in [5.41, 5.74) is 4.30. The number of hydrogen-bond donors (Lipinski definition) is 2. The monoisotopic (exact) mass is 480 g/mol. The number of aromatic hydroxyl groups is 1. The van der Waals surface area contributed by atoms with Crippen molar-refractivity contribution in [3.63, 3.8) is 0 Å². The third-order valence-electron chi connectivity index (χ3n) is 6.63. The van der Waals surface area contributed by atoms with Crippen molar-refractivity contribution >= 4 is 23.0 Å². The Morgan fingerprint density at radius 1 is 0.889 bits per heavy atom. The van der Waals surface area contributed by atoms with Crippen molar-refractivity contribution in [2.24, 2.45) is 0 Å². The minimum atomic E-state index is -1.41. The van der Waals surface area contributed by atoms with Gasteiger partial charge in [0.2, 0.25) is 0 Å². The Balaban J connectivity index is 1.80. The third-order valence-corrected chi connectivity index (χ3v) is 6.63. The van der Waals surface area contributed by atoms with E-state index >= 15 is 0 Å². The Morgan fingerprint density at radius 3 is 2.31 bits per heavy atom. The van der Waals surface area contributed by atoms with E-state index in [0.29, 0.717) is 28.0 Å². The summed E-state index contributed by atoms with van der Waals surface area (Å²) in [5, 5.41) is 14.8. The van der Waals surface area contributed by atoms with Crippen LogP contribution in [0.5, 0.6) is 11.5 Å². The Labute approximate surface area is 210 Å². The van der Waals surface area contributed by atoms with E-state index in [2.05, 4.69) is 5.32 Å². The van der Waals surface area contributed by atoms with Crippen LogP contribution in [-0.4, -0.2) is 32.3 Å². The van der Waals surface area contributed by atoms with Crippen molar-refractivity contribution in [1.82, 2.24) is 0 Å². The maximum Gasteiger partial charge on any atom is 0.340 e. The van der Waals surface area contributed by atoms with Gasteiger partial charge in [0, 0.05) is 53.9 Å². The number of nitrogens with zero attached hydrogens (tertiary/aromatic N) is 1. The number of anilines is 3. The first kappa shape index (κ1) is 23.3. The molecular weight excluding hydrogens is 452 g/mol. The first-order valence-corrected chi connectivity index (χ1v) is 11.7. The van der Waals surface area contributed by atoms with Crippen molar-refractivity contribution in [1.29, 1.82) is 0 Å². The first-order valence-electron chi connectivity index (χ1n) is 11.7. The number of phenolic OH excluding ortho intramolecular Hbond substituents is 1. The molecule has 1 aliphatic heterocycles. The molecule has 4 aromatic carbocycles. The zero-order valence-corrected chi connectivity index (χ0v) is 20.7. The second-order valence-corrected chi connectivity index (χ2v) is 9.07. The molecule has 1 aliphatic rings. The second kappa shape index (κ2) is 8.96. The molecular formula is C30H28N2O4. The topological polar surface area (TPSA) is 71.0 Å². The molecule has 1 heterocycles. The number of para-hydroxylation sites is 1. The molecule has 1 atom stereocenters. The van der Waals surface area contributed by atoms with Gasteiger partial charge in [-0.05, 0) is 55.0 Å². The van der Waals surface area contributed by atoms with E-state index in [0.717, 1.165) is 22.6 Å². The molecule has 0 radical (unpaired) electrons. The van der Waals surface area contributed by atoms with Crippen LogP contribution >= 0.6 is 0 Å². The van der Waals surface area contributed by atoms with E-state index in [1.165, 1.54) is 0 Å². The summed E-state index contributed by atoms with van der Waals surface area (Å²) < 4.78 is 12.1. The number of methoxy groups -OCH3 is 1. The van der Waals surface area contributed by atoms with E-state index in [4.69, 9.17) is 9.47 Å². The number of carbonyl (C=O) groups excluding carboxylic acids is 1. The smallest absolute Gasteiger partial charge is 0.340 e. The molecule has 36 heavy (non-hydrogen) atoms. The standard InChI is InChI=1S/C30H28N2O4/c1-19-16-28(35-4)25(18-26(19)31-20-10-6-5-7-11-20)30(23-13-9-8-12-22(23)29(34)36-30)24-15-14-21(32(2)3)17-27(24)33/h5-18,31,33H,1-4H3. The number of fused-ring (bicyclic) bond motifs is 1. The number of hydrogen-bond acceptors (Lipinski definition) is 6. The van der Waals surface area contributed by atoms with Gasteiger partial charge in [0.25, 0.3) is 0 Å². The molecule has 0 amide bonds. The average Bonchev–Trinajstić information content (AvgIpc) is 3.18. The van der Waals surface area contributed by atoms with Crippen molar-refractivity contribution < 1.29 is 19.4 Å². The third kappa shape index (κ3) is 3.71. The molecule has 6 heteroatoms. The highest BCUT2D eigenvalue weighted by molar-refractivity contribution is 5.97. The van der Waals surface area contributed by atoms with Crippen LogP contribution in [-0.2, 0) is 10.3 Å². The van der Waals surface area contributed by atoms with Gasteiger partial charge in [0.05, 0.1) is 12.7 Å². The van der Waals surface area contributed by atoms with Gasteiger partial charge in [-0.25, -0.2) is 4.79 Å². The zero-order chi connectivity index (χ0) is 25.4. The van der Waals surface area contributed by atoms with E-state index in [1.54, 1.807) is 25.3 Å². The van der Waals surface area contributed by atoms with Crippen molar-refractivity contribution in [2.45, 2.75) is 12.5 Å². The molecule has 0 saturated heterocycles. The lowest BCUT2D eigenvalue weighted by atomic mass is 9.78. The predicted molar refractivity (Wildman–Crippen MR) is 142 cm³/mol. The Bertz CT molecular complexity index is 1450. The lowest BCUT2D eigenvalue weighted by Crippen LogP contribution is -2.30. The minimum Gasteiger partial charge on any atom is -0.507 e. The van der Waals surface area contributed by atoms with E-state index in [9.17, 15) is 9.90 Å². The molecule has 2 N–H and O–H groups in total. The number of aryl methyl sites for hydroxylation is 1. The van der Waals surface area contributed by atoms with Gasteiger partial charge in [-0.1, -0.05) is 36.4 Å². The molecule has 0 aromatic heterocycles.